The SMILES string of the molecule is COCc1ccc(CS(=O)(=O)Cl)cc1Br. The van der Waals surface area contributed by atoms with Crippen molar-refractivity contribution < 1.29 is 13.2 Å². The third kappa shape index (κ3) is 4.51. The summed E-state index contributed by atoms with van der Waals surface area (Å²) in [5.41, 5.74) is 1.62. The van der Waals surface area contributed by atoms with Gasteiger partial charge >= 0.3 is 0 Å². The normalized spacial score (nSPS) is 11.7. The van der Waals surface area contributed by atoms with Crippen LogP contribution in [0, 0.1) is 0 Å². The summed E-state index contributed by atoms with van der Waals surface area (Å²) in [6, 6.07) is 5.26. The average molecular weight is 314 g/mol. The van der Waals surface area contributed by atoms with Crippen molar-refractivity contribution in [1.29, 1.82) is 0 Å². The van der Waals surface area contributed by atoms with E-state index >= 15 is 0 Å². The van der Waals surface area contributed by atoms with Gasteiger partial charge in [0.1, 0.15) is 0 Å². The third-order valence-corrected chi connectivity index (χ3v) is 3.50. The Bertz CT molecular complexity index is 445. The van der Waals surface area contributed by atoms with Crippen LogP contribution in [0.3, 0.4) is 0 Å². The van der Waals surface area contributed by atoms with E-state index in [0.717, 1.165) is 10.0 Å². The first-order valence-electron chi connectivity index (χ1n) is 4.11. The highest BCUT2D eigenvalue weighted by Crippen LogP contribution is 2.21. The van der Waals surface area contributed by atoms with E-state index in [1.54, 1.807) is 19.2 Å². The Morgan fingerprint density at radius 3 is 2.60 bits per heavy atom. The number of hydrogen-bond donors (Lipinski definition) is 0. The van der Waals surface area contributed by atoms with E-state index in [1.165, 1.54) is 0 Å². The second-order valence-corrected chi connectivity index (χ2v) is 6.67. The summed E-state index contributed by atoms with van der Waals surface area (Å²) in [5.74, 6) is -0.166. The van der Waals surface area contributed by atoms with Crippen LogP contribution in [0.25, 0.3) is 0 Å². The van der Waals surface area contributed by atoms with Gasteiger partial charge in [0.25, 0.3) is 0 Å². The molecular formula is C9H10BrClO3S. The zero-order valence-corrected chi connectivity index (χ0v) is 11.2. The van der Waals surface area contributed by atoms with E-state index in [9.17, 15) is 8.42 Å². The van der Waals surface area contributed by atoms with Gasteiger partial charge in [0.15, 0.2) is 0 Å². The van der Waals surface area contributed by atoms with Gasteiger partial charge in [-0.1, -0.05) is 28.1 Å². The minimum atomic E-state index is -3.50. The quantitative estimate of drug-likeness (QED) is 0.803. The Hall–Kier alpha value is -0.100. The first-order valence-corrected chi connectivity index (χ1v) is 7.38. The lowest BCUT2D eigenvalue weighted by atomic mass is 10.2. The highest BCUT2D eigenvalue weighted by Gasteiger charge is 2.08. The number of hydrogen-bond acceptors (Lipinski definition) is 3. The van der Waals surface area contributed by atoms with E-state index in [4.69, 9.17) is 15.4 Å². The Balaban J connectivity index is 2.91. The van der Waals surface area contributed by atoms with Crippen LogP contribution in [-0.2, 0) is 26.1 Å². The maximum Gasteiger partial charge on any atom is 0.236 e. The van der Waals surface area contributed by atoms with Gasteiger partial charge in [-0.15, -0.1) is 0 Å². The van der Waals surface area contributed by atoms with Crippen molar-refractivity contribution in [2.75, 3.05) is 7.11 Å². The summed E-state index contributed by atoms with van der Waals surface area (Å²) >= 11 is 3.34. The molecule has 0 atom stereocenters. The molecule has 0 amide bonds. The molecule has 0 aliphatic heterocycles. The van der Waals surface area contributed by atoms with Crippen LogP contribution in [0.5, 0.6) is 0 Å². The fourth-order valence-electron chi connectivity index (χ4n) is 1.15. The molecule has 3 nitrogen and oxygen atoms in total. The van der Waals surface area contributed by atoms with E-state index < -0.39 is 9.05 Å². The minimum Gasteiger partial charge on any atom is -0.380 e. The predicted octanol–water partition coefficient (Wildman–Crippen LogP) is 2.66. The molecule has 0 aromatic heterocycles. The van der Waals surface area contributed by atoms with Crippen LogP contribution in [-0.4, -0.2) is 15.5 Å². The predicted molar refractivity (Wildman–Crippen MR) is 63.3 cm³/mol. The topological polar surface area (TPSA) is 43.4 Å². The molecule has 1 aromatic carbocycles. The largest absolute Gasteiger partial charge is 0.380 e. The number of rotatable bonds is 4. The minimum absolute atomic E-state index is 0.166. The average Bonchev–Trinajstić information content (AvgIpc) is 2.07. The highest BCUT2D eigenvalue weighted by atomic mass is 79.9. The van der Waals surface area contributed by atoms with Crippen LogP contribution in [0.15, 0.2) is 22.7 Å². The van der Waals surface area contributed by atoms with Gasteiger partial charge < -0.3 is 4.74 Å². The maximum atomic E-state index is 10.8. The van der Waals surface area contributed by atoms with Crippen molar-refractivity contribution in [3.63, 3.8) is 0 Å². The molecule has 0 fully saturated rings. The fourth-order valence-corrected chi connectivity index (χ4v) is 2.65. The van der Waals surface area contributed by atoms with E-state index in [-0.39, 0.29) is 5.75 Å². The first kappa shape index (κ1) is 13.0. The lowest BCUT2D eigenvalue weighted by Crippen LogP contribution is -1.96. The lowest BCUT2D eigenvalue weighted by Gasteiger charge is -2.05. The first-order chi connectivity index (χ1) is 6.92. The van der Waals surface area contributed by atoms with Crippen molar-refractivity contribution in [3.05, 3.63) is 33.8 Å². The molecule has 84 valence electrons. The summed E-state index contributed by atoms with van der Waals surface area (Å²) in [6.45, 7) is 0.481. The number of halogens is 2. The number of methoxy groups -OCH3 is 1. The molecule has 0 spiro atoms. The molecule has 0 saturated heterocycles. The van der Waals surface area contributed by atoms with E-state index in [2.05, 4.69) is 15.9 Å². The summed E-state index contributed by atoms with van der Waals surface area (Å²) in [7, 11) is 3.26. The van der Waals surface area contributed by atoms with Gasteiger partial charge in [-0.3, -0.25) is 0 Å². The molecule has 1 aromatic rings. The second kappa shape index (κ2) is 5.30. The Morgan fingerprint density at radius 1 is 1.47 bits per heavy atom. The Labute approximate surface area is 102 Å². The molecule has 0 bridgehead atoms. The van der Waals surface area contributed by atoms with Gasteiger partial charge in [-0.2, -0.15) is 0 Å². The van der Waals surface area contributed by atoms with Crippen molar-refractivity contribution in [3.8, 4) is 0 Å². The lowest BCUT2D eigenvalue weighted by molar-refractivity contribution is 0.184. The van der Waals surface area contributed by atoms with Gasteiger partial charge in [0.2, 0.25) is 9.05 Å². The van der Waals surface area contributed by atoms with Crippen LogP contribution in [0.1, 0.15) is 11.1 Å². The van der Waals surface area contributed by atoms with Gasteiger partial charge in [-0.25, -0.2) is 8.42 Å². The molecule has 0 aliphatic carbocycles. The van der Waals surface area contributed by atoms with E-state index in [0.29, 0.717) is 12.2 Å². The Kier molecular flexibility index (Phi) is 4.58. The third-order valence-electron chi connectivity index (χ3n) is 1.76. The molecule has 1 rings (SSSR count). The second-order valence-electron chi connectivity index (χ2n) is 3.04. The summed E-state index contributed by atoms with van der Waals surface area (Å²) < 4.78 is 27.5. The maximum absolute atomic E-state index is 10.8. The van der Waals surface area contributed by atoms with Crippen LogP contribution in [0.4, 0.5) is 0 Å². The monoisotopic (exact) mass is 312 g/mol. The smallest absolute Gasteiger partial charge is 0.236 e. The van der Waals surface area contributed by atoms with Gasteiger partial charge in [0, 0.05) is 22.3 Å². The van der Waals surface area contributed by atoms with Crippen LogP contribution < -0.4 is 0 Å². The van der Waals surface area contributed by atoms with Crippen molar-refractivity contribution in [2.45, 2.75) is 12.4 Å². The molecular weight excluding hydrogens is 304 g/mol. The van der Waals surface area contributed by atoms with Gasteiger partial charge in [0.05, 0.1) is 12.4 Å². The van der Waals surface area contributed by atoms with Crippen LogP contribution >= 0.6 is 26.6 Å². The van der Waals surface area contributed by atoms with Crippen molar-refractivity contribution >= 4 is 35.7 Å². The summed E-state index contributed by atoms with van der Waals surface area (Å²) in [5, 5.41) is 0. The summed E-state index contributed by atoms with van der Waals surface area (Å²) in [4.78, 5) is 0. The molecule has 0 N–H and O–H groups in total. The zero-order chi connectivity index (χ0) is 11.5. The van der Waals surface area contributed by atoms with E-state index in [1.807, 2.05) is 6.07 Å². The molecule has 0 saturated carbocycles. The molecule has 0 heterocycles. The van der Waals surface area contributed by atoms with Gasteiger partial charge in [-0.05, 0) is 17.2 Å². The van der Waals surface area contributed by atoms with Crippen LogP contribution in [0.2, 0.25) is 0 Å². The molecule has 0 aliphatic rings. The number of ether oxygens (including phenoxy) is 1. The number of benzene rings is 1. The van der Waals surface area contributed by atoms with Crippen molar-refractivity contribution in [1.82, 2.24) is 0 Å². The molecule has 0 radical (unpaired) electrons. The molecule has 15 heavy (non-hydrogen) atoms. The molecule has 6 heteroatoms. The zero-order valence-electron chi connectivity index (χ0n) is 8.04. The fraction of sp³-hybridized carbons (Fsp3) is 0.333. The highest BCUT2D eigenvalue weighted by molar-refractivity contribution is 9.10. The summed E-state index contributed by atoms with van der Waals surface area (Å²) in [6.07, 6.45) is 0. The molecule has 0 unspecified atom stereocenters. The van der Waals surface area contributed by atoms with Crippen molar-refractivity contribution in [2.24, 2.45) is 0 Å². The Morgan fingerprint density at radius 2 is 2.13 bits per heavy atom. The standard InChI is InChI=1S/C9H10BrClO3S/c1-14-5-8-3-2-7(4-9(8)10)6-15(11,12)13/h2-4H,5-6H2,1H3.